The molecular formula is C34H46ClN9O. The second-order valence-electron chi connectivity index (χ2n) is 14.7. The zero-order valence-corrected chi connectivity index (χ0v) is 28.5. The maximum Gasteiger partial charge on any atom is 0.223 e. The minimum atomic E-state index is -0.277. The lowest BCUT2D eigenvalue weighted by Crippen LogP contribution is -2.32. The summed E-state index contributed by atoms with van der Waals surface area (Å²) in [7, 11) is 1.90. The van der Waals surface area contributed by atoms with E-state index in [9.17, 15) is 4.79 Å². The molecule has 240 valence electrons. The van der Waals surface area contributed by atoms with Crippen LogP contribution in [0.4, 0.5) is 5.95 Å². The summed E-state index contributed by atoms with van der Waals surface area (Å²) >= 11 is 6.44. The smallest absolute Gasteiger partial charge is 0.223 e. The number of Topliss-reactive ketones (excluding diaryl/α,β-unsaturated/α-hetero) is 1. The molecule has 1 aliphatic carbocycles. The average molecular weight is 632 g/mol. The van der Waals surface area contributed by atoms with Gasteiger partial charge in [0.15, 0.2) is 0 Å². The van der Waals surface area contributed by atoms with E-state index in [1.807, 2.05) is 26.4 Å². The maximum atomic E-state index is 13.8. The number of H-pyrrole nitrogens is 1. The topological polar surface area (TPSA) is 127 Å². The molecular weight excluding hydrogens is 586 g/mol. The van der Waals surface area contributed by atoms with Gasteiger partial charge in [0, 0.05) is 49.2 Å². The highest BCUT2D eigenvalue weighted by molar-refractivity contribution is 6.32. The largest absolute Gasteiger partial charge is 0.351 e. The van der Waals surface area contributed by atoms with Crippen molar-refractivity contribution in [2.24, 2.45) is 18.4 Å². The number of rotatable bonds is 9. The molecule has 4 heterocycles. The van der Waals surface area contributed by atoms with Gasteiger partial charge >= 0.3 is 0 Å². The van der Waals surface area contributed by atoms with Gasteiger partial charge in [-0.3, -0.25) is 24.5 Å². The molecule has 4 aromatic rings. The van der Waals surface area contributed by atoms with Crippen molar-refractivity contribution in [2.45, 2.75) is 104 Å². The first-order chi connectivity index (χ1) is 21.2. The van der Waals surface area contributed by atoms with E-state index >= 15 is 0 Å². The predicted molar refractivity (Wildman–Crippen MR) is 178 cm³/mol. The Kier molecular flexibility index (Phi) is 9.44. The highest BCUT2D eigenvalue weighted by atomic mass is 35.5. The molecule has 0 bridgehead atoms. The Morgan fingerprint density at radius 1 is 1.04 bits per heavy atom. The van der Waals surface area contributed by atoms with E-state index in [0.717, 1.165) is 66.0 Å². The lowest BCUT2D eigenvalue weighted by atomic mass is 9.73. The molecule has 10 nitrogen and oxygen atoms in total. The normalized spacial score (nSPS) is 18.2. The van der Waals surface area contributed by atoms with Gasteiger partial charge in [0.1, 0.15) is 11.5 Å². The van der Waals surface area contributed by atoms with Gasteiger partial charge in [-0.05, 0) is 55.8 Å². The van der Waals surface area contributed by atoms with Crippen molar-refractivity contribution in [3.05, 3.63) is 53.0 Å². The average Bonchev–Trinajstić information content (AvgIpc) is 3.56. The third-order valence-corrected chi connectivity index (χ3v) is 9.04. The summed E-state index contributed by atoms with van der Waals surface area (Å²) in [5.74, 6) is 0.737. The van der Waals surface area contributed by atoms with Crippen LogP contribution < -0.4 is 5.32 Å². The predicted octanol–water partition coefficient (Wildman–Crippen LogP) is 7.47. The number of aryl methyl sites for hydroxylation is 2. The van der Waals surface area contributed by atoms with Gasteiger partial charge < -0.3 is 5.32 Å². The van der Waals surface area contributed by atoms with Crippen molar-refractivity contribution in [2.75, 3.05) is 5.32 Å². The lowest BCUT2D eigenvalue weighted by molar-refractivity contribution is -0.122. The Bertz CT molecular complexity index is 1620. The summed E-state index contributed by atoms with van der Waals surface area (Å²) in [6.45, 7) is 14.9. The second-order valence-corrected chi connectivity index (χ2v) is 15.1. The van der Waals surface area contributed by atoms with Crippen LogP contribution in [0.1, 0.15) is 103 Å². The number of nitrogens with zero attached hydrogens (tertiary/aromatic N) is 7. The van der Waals surface area contributed by atoms with Crippen molar-refractivity contribution in [3.63, 3.8) is 0 Å². The monoisotopic (exact) mass is 631 g/mol. The number of ketones is 1. The van der Waals surface area contributed by atoms with Gasteiger partial charge in [-0.1, -0.05) is 53.1 Å². The van der Waals surface area contributed by atoms with Crippen LogP contribution in [-0.4, -0.2) is 51.7 Å². The van der Waals surface area contributed by atoms with Crippen LogP contribution in [0.3, 0.4) is 0 Å². The molecule has 1 fully saturated rings. The number of carbonyl (C=O) groups excluding carboxylic acids is 1. The highest BCUT2D eigenvalue weighted by Gasteiger charge is 2.35. The fraction of sp³-hybridized carbons (Fsp3) is 0.559. The van der Waals surface area contributed by atoms with Gasteiger partial charge in [0.2, 0.25) is 5.95 Å². The molecule has 0 aromatic carbocycles. The first kappa shape index (κ1) is 32.7. The lowest BCUT2D eigenvalue weighted by Gasteiger charge is -2.34. The number of aromatic nitrogens is 8. The zero-order valence-electron chi connectivity index (χ0n) is 27.8. The van der Waals surface area contributed by atoms with Crippen molar-refractivity contribution >= 4 is 23.3 Å². The molecule has 0 spiro atoms. The Balaban J connectivity index is 1.33. The summed E-state index contributed by atoms with van der Waals surface area (Å²) in [6.07, 6.45) is 14.0. The Labute approximate surface area is 271 Å². The number of hydrogen-bond acceptors (Lipinski definition) is 8. The van der Waals surface area contributed by atoms with Crippen molar-refractivity contribution in [3.8, 4) is 22.6 Å². The van der Waals surface area contributed by atoms with E-state index in [1.54, 1.807) is 23.3 Å². The molecule has 1 unspecified atom stereocenters. The summed E-state index contributed by atoms with van der Waals surface area (Å²) in [6, 6.07) is 0.194. The van der Waals surface area contributed by atoms with Gasteiger partial charge in [-0.2, -0.15) is 10.2 Å². The minimum Gasteiger partial charge on any atom is -0.351 e. The molecule has 11 heteroatoms. The van der Waals surface area contributed by atoms with Crippen molar-refractivity contribution in [1.29, 1.82) is 0 Å². The molecule has 4 aromatic heterocycles. The van der Waals surface area contributed by atoms with E-state index in [4.69, 9.17) is 26.6 Å². The SMILES string of the molecule is Cc1nn(C)cc1-c1cnc(C(C(=O)CCC(C)(C)C)C2CCC(Nc3ncc(C(C)(C)C)c(-c4[nH]ncc4Cl)n3)CC2)cn1. The summed E-state index contributed by atoms with van der Waals surface area (Å²) < 4.78 is 1.78. The van der Waals surface area contributed by atoms with E-state index in [-0.39, 0.29) is 34.5 Å². The molecule has 1 atom stereocenters. The van der Waals surface area contributed by atoms with E-state index in [0.29, 0.717) is 23.1 Å². The van der Waals surface area contributed by atoms with E-state index < -0.39 is 0 Å². The van der Waals surface area contributed by atoms with Crippen LogP contribution in [0.25, 0.3) is 22.6 Å². The van der Waals surface area contributed by atoms with Gasteiger partial charge in [-0.25, -0.2) is 9.97 Å². The van der Waals surface area contributed by atoms with Crippen LogP contribution in [-0.2, 0) is 17.3 Å². The summed E-state index contributed by atoms with van der Waals surface area (Å²) in [4.78, 5) is 33.0. The summed E-state index contributed by atoms with van der Waals surface area (Å²) in [5, 5.41) is 15.6. The number of aromatic amines is 1. The molecule has 5 rings (SSSR count). The number of nitrogens with one attached hydrogen (secondary N) is 2. The first-order valence-electron chi connectivity index (χ1n) is 15.9. The van der Waals surface area contributed by atoms with Gasteiger partial charge in [0.25, 0.3) is 0 Å². The van der Waals surface area contributed by atoms with Crippen LogP contribution in [0.2, 0.25) is 5.02 Å². The second kappa shape index (κ2) is 13.0. The standard InChI is InChI=1S/C34H46ClN9O/c1-20-23(19-44(8)43-20)26-17-37-27(18-36-26)29(28(45)13-14-33(2,3)4)21-9-11-22(12-10-21)40-32-38-15-24(34(5,6)7)30(41-32)31-25(35)16-39-42-31/h15-19,21-22,29H,9-14H2,1-8H3,(H,39,42)(H,38,40,41). The number of anilines is 1. The van der Waals surface area contributed by atoms with Gasteiger partial charge in [0.05, 0.1) is 46.1 Å². The molecule has 0 radical (unpaired) electrons. The van der Waals surface area contributed by atoms with E-state index in [1.165, 1.54) is 0 Å². The third-order valence-electron chi connectivity index (χ3n) is 8.75. The Morgan fingerprint density at radius 2 is 1.78 bits per heavy atom. The van der Waals surface area contributed by atoms with Crippen LogP contribution in [0.5, 0.6) is 0 Å². The number of carbonyl (C=O) groups is 1. The Hall–Kier alpha value is -3.66. The first-order valence-corrected chi connectivity index (χ1v) is 16.3. The molecule has 1 aliphatic rings. The van der Waals surface area contributed by atoms with E-state index in [2.05, 4.69) is 67.1 Å². The minimum absolute atomic E-state index is 0.0803. The van der Waals surface area contributed by atoms with Crippen LogP contribution in [0.15, 0.2) is 31.0 Å². The molecule has 0 amide bonds. The number of halogens is 1. The highest BCUT2D eigenvalue weighted by Crippen LogP contribution is 2.39. The Morgan fingerprint density at radius 3 is 2.33 bits per heavy atom. The fourth-order valence-electron chi connectivity index (χ4n) is 6.22. The number of hydrogen-bond donors (Lipinski definition) is 2. The molecule has 0 aliphatic heterocycles. The maximum absolute atomic E-state index is 13.8. The third kappa shape index (κ3) is 7.77. The van der Waals surface area contributed by atoms with Gasteiger partial charge in [-0.15, -0.1) is 0 Å². The van der Waals surface area contributed by atoms with Crippen molar-refractivity contribution in [1.82, 2.24) is 39.9 Å². The molecule has 45 heavy (non-hydrogen) atoms. The van der Waals surface area contributed by atoms with Crippen molar-refractivity contribution < 1.29 is 4.79 Å². The fourth-order valence-corrected chi connectivity index (χ4v) is 6.40. The molecule has 1 saturated carbocycles. The summed E-state index contributed by atoms with van der Waals surface area (Å²) in [5.41, 5.74) is 5.73. The van der Waals surface area contributed by atoms with Crippen LogP contribution in [0, 0.1) is 18.3 Å². The molecule has 0 saturated heterocycles. The molecule has 2 N–H and O–H groups in total. The quantitative estimate of drug-likeness (QED) is 0.195. The zero-order chi connectivity index (χ0) is 32.5. The van der Waals surface area contributed by atoms with Crippen LogP contribution >= 0.6 is 11.6 Å².